The third kappa shape index (κ3) is 4.43. The molecule has 1 aliphatic heterocycles. The molecule has 0 saturated heterocycles. The van der Waals surface area contributed by atoms with Crippen molar-refractivity contribution in [1.82, 2.24) is 0 Å². The molecular formula is C30H31N2O3S+. The van der Waals surface area contributed by atoms with Gasteiger partial charge in [0, 0.05) is 35.5 Å². The van der Waals surface area contributed by atoms with Crippen LogP contribution in [0, 0.1) is 0 Å². The van der Waals surface area contributed by atoms with E-state index in [0.29, 0.717) is 13.0 Å². The fraction of sp³-hybridized carbons (Fsp3) is 0.233. The monoisotopic (exact) mass is 499 g/mol. The number of para-hydroxylation sites is 1. The molecule has 0 unspecified atom stereocenters. The smallest absolute Gasteiger partial charge is 0.264 e. The Hall–Kier alpha value is -3.48. The number of anilines is 1. The number of pyridine rings is 1. The van der Waals surface area contributed by atoms with Crippen LogP contribution in [-0.4, -0.2) is 25.3 Å². The molecule has 1 aromatic heterocycles. The van der Waals surface area contributed by atoms with Gasteiger partial charge in [0.1, 0.15) is 7.05 Å². The van der Waals surface area contributed by atoms with Crippen molar-refractivity contribution in [2.24, 2.45) is 7.05 Å². The Labute approximate surface area is 212 Å². The molecule has 3 aromatic carbocycles. The fourth-order valence-corrected chi connectivity index (χ4v) is 5.95. The zero-order valence-electron chi connectivity index (χ0n) is 20.8. The van der Waals surface area contributed by atoms with Crippen LogP contribution >= 0.6 is 0 Å². The quantitative estimate of drug-likeness (QED) is 0.269. The van der Waals surface area contributed by atoms with Crippen molar-refractivity contribution in [3.8, 4) is 0 Å². The zero-order valence-corrected chi connectivity index (χ0v) is 21.7. The van der Waals surface area contributed by atoms with E-state index in [9.17, 15) is 13.0 Å². The number of allylic oxidation sites excluding steroid dienone is 3. The summed E-state index contributed by atoms with van der Waals surface area (Å²) in [6, 6.07) is 23.1. The first kappa shape index (κ1) is 24.2. The molecule has 1 aliphatic rings. The average molecular weight is 500 g/mol. The van der Waals surface area contributed by atoms with Crippen LogP contribution in [0.1, 0.15) is 31.4 Å². The highest BCUT2D eigenvalue weighted by Crippen LogP contribution is 2.50. The Morgan fingerprint density at radius 3 is 2.47 bits per heavy atom. The van der Waals surface area contributed by atoms with Crippen LogP contribution in [0.4, 0.5) is 5.69 Å². The van der Waals surface area contributed by atoms with E-state index in [0.717, 1.165) is 16.9 Å². The summed E-state index contributed by atoms with van der Waals surface area (Å²) in [6.07, 6.45) is 8.76. The normalized spacial score (nSPS) is 16.4. The summed E-state index contributed by atoms with van der Waals surface area (Å²) < 4.78 is 34.2. The molecule has 0 spiro atoms. The Bertz CT molecular complexity index is 1640. The first-order valence-corrected chi connectivity index (χ1v) is 13.8. The van der Waals surface area contributed by atoms with Crippen LogP contribution in [0.3, 0.4) is 0 Å². The Kier molecular flexibility index (Phi) is 6.18. The van der Waals surface area contributed by atoms with Gasteiger partial charge in [0.15, 0.2) is 6.20 Å². The fourth-order valence-electron chi connectivity index (χ4n) is 5.46. The minimum atomic E-state index is -4.01. The average Bonchev–Trinajstić information content (AvgIpc) is 3.06. The second-order valence-electron chi connectivity index (χ2n) is 9.91. The summed E-state index contributed by atoms with van der Waals surface area (Å²) in [6.45, 7) is 4.94. The number of aromatic nitrogens is 1. The van der Waals surface area contributed by atoms with Crippen LogP contribution in [0.25, 0.3) is 27.8 Å². The molecule has 0 saturated carbocycles. The van der Waals surface area contributed by atoms with E-state index < -0.39 is 10.1 Å². The van der Waals surface area contributed by atoms with Crippen molar-refractivity contribution >= 4 is 43.6 Å². The number of aryl methyl sites for hydroxylation is 1. The molecule has 184 valence electrons. The third-order valence-corrected chi connectivity index (χ3v) is 7.95. The van der Waals surface area contributed by atoms with Gasteiger partial charge in [-0.2, -0.15) is 8.42 Å². The van der Waals surface area contributed by atoms with E-state index in [1.807, 2.05) is 19.2 Å². The SMILES string of the molecule is C[n+]1ccc(C=CC=C2N(CCCS(=O)(=O)O)c3ccc4ccccc4c3C2(C)C)c2ccccc21. The number of benzene rings is 3. The lowest BCUT2D eigenvalue weighted by atomic mass is 9.81. The lowest BCUT2D eigenvalue weighted by molar-refractivity contribution is -0.644. The van der Waals surface area contributed by atoms with Crippen molar-refractivity contribution in [1.29, 1.82) is 0 Å². The predicted molar refractivity (Wildman–Crippen MR) is 148 cm³/mol. The number of rotatable bonds is 6. The van der Waals surface area contributed by atoms with E-state index in [4.69, 9.17) is 0 Å². The van der Waals surface area contributed by atoms with Gasteiger partial charge in [0.2, 0.25) is 5.52 Å². The maximum absolute atomic E-state index is 11.4. The van der Waals surface area contributed by atoms with Crippen molar-refractivity contribution in [2.45, 2.75) is 25.7 Å². The van der Waals surface area contributed by atoms with Gasteiger partial charge in [0.25, 0.3) is 10.1 Å². The van der Waals surface area contributed by atoms with Gasteiger partial charge in [-0.05, 0) is 46.5 Å². The van der Waals surface area contributed by atoms with Gasteiger partial charge in [-0.1, -0.05) is 68.5 Å². The maximum atomic E-state index is 11.4. The van der Waals surface area contributed by atoms with E-state index in [1.165, 1.54) is 27.2 Å². The second kappa shape index (κ2) is 9.19. The Morgan fingerprint density at radius 1 is 0.972 bits per heavy atom. The molecule has 4 aromatic rings. The molecule has 36 heavy (non-hydrogen) atoms. The molecule has 2 heterocycles. The maximum Gasteiger partial charge on any atom is 0.264 e. The first-order valence-electron chi connectivity index (χ1n) is 12.2. The highest BCUT2D eigenvalue weighted by atomic mass is 32.2. The van der Waals surface area contributed by atoms with Crippen LogP contribution in [0.15, 0.2) is 90.8 Å². The highest BCUT2D eigenvalue weighted by molar-refractivity contribution is 7.85. The molecule has 0 amide bonds. The summed E-state index contributed by atoms with van der Waals surface area (Å²) in [5, 5.41) is 3.57. The summed E-state index contributed by atoms with van der Waals surface area (Å²) in [7, 11) is -1.97. The number of hydrogen-bond acceptors (Lipinski definition) is 3. The standard InChI is InChI=1S/C30H30N2O3S/c1-30(2)28(15-8-11-23-18-20-31(3)26-14-7-6-12-24(23)26)32(19-9-21-36(33,34)35)27-17-16-22-10-4-5-13-25(22)29(27)30/h4-8,10-18,20H,9,19,21H2,1-3H3/p+1. The summed E-state index contributed by atoms with van der Waals surface area (Å²) in [4.78, 5) is 2.21. The summed E-state index contributed by atoms with van der Waals surface area (Å²) in [5.41, 5.74) is 5.45. The molecule has 0 bridgehead atoms. The Balaban J connectivity index is 1.58. The van der Waals surface area contributed by atoms with Gasteiger partial charge < -0.3 is 4.90 Å². The van der Waals surface area contributed by atoms with E-state index in [2.05, 4.69) is 102 Å². The molecule has 5 nitrogen and oxygen atoms in total. The molecule has 5 rings (SSSR count). The van der Waals surface area contributed by atoms with Gasteiger partial charge in [-0.15, -0.1) is 0 Å². The van der Waals surface area contributed by atoms with Crippen LogP contribution < -0.4 is 9.47 Å². The molecule has 0 radical (unpaired) electrons. The molecule has 0 aliphatic carbocycles. The van der Waals surface area contributed by atoms with Crippen molar-refractivity contribution in [3.63, 3.8) is 0 Å². The minimum absolute atomic E-state index is 0.261. The molecular weight excluding hydrogens is 468 g/mol. The first-order chi connectivity index (χ1) is 17.2. The largest absolute Gasteiger partial charge is 0.344 e. The van der Waals surface area contributed by atoms with Crippen molar-refractivity contribution in [2.75, 3.05) is 17.2 Å². The van der Waals surface area contributed by atoms with Crippen molar-refractivity contribution < 1.29 is 17.5 Å². The molecule has 6 heteroatoms. The number of fused-ring (bicyclic) bond motifs is 4. The molecule has 1 N–H and O–H groups in total. The topological polar surface area (TPSA) is 61.5 Å². The van der Waals surface area contributed by atoms with E-state index in [1.54, 1.807) is 0 Å². The Morgan fingerprint density at radius 2 is 1.69 bits per heavy atom. The van der Waals surface area contributed by atoms with Gasteiger partial charge in [0.05, 0.1) is 11.1 Å². The van der Waals surface area contributed by atoms with Crippen LogP contribution in [0.2, 0.25) is 0 Å². The van der Waals surface area contributed by atoms with Crippen LogP contribution in [0.5, 0.6) is 0 Å². The van der Waals surface area contributed by atoms with E-state index in [-0.39, 0.29) is 11.2 Å². The summed E-state index contributed by atoms with van der Waals surface area (Å²) in [5.74, 6) is -0.261. The number of hydrogen-bond donors (Lipinski definition) is 1. The minimum Gasteiger partial charge on any atom is -0.344 e. The van der Waals surface area contributed by atoms with Crippen molar-refractivity contribution in [3.05, 3.63) is 102 Å². The third-order valence-electron chi connectivity index (χ3n) is 7.14. The van der Waals surface area contributed by atoms with Gasteiger partial charge in [-0.25, -0.2) is 4.57 Å². The predicted octanol–water partition coefficient (Wildman–Crippen LogP) is 5.79. The van der Waals surface area contributed by atoms with E-state index >= 15 is 0 Å². The van der Waals surface area contributed by atoms with Gasteiger partial charge >= 0.3 is 0 Å². The second-order valence-corrected chi connectivity index (χ2v) is 11.5. The molecule has 0 fully saturated rings. The van der Waals surface area contributed by atoms with Gasteiger partial charge in [-0.3, -0.25) is 4.55 Å². The zero-order chi connectivity index (χ0) is 25.5. The molecule has 0 atom stereocenters. The summed E-state index contributed by atoms with van der Waals surface area (Å²) >= 11 is 0. The van der Waals surface area contributed by atoms with Crippen LogP contribution in [-0.2, 0) is 22.6 Å². The number of nitrogens with zero attached hydrogens (tertiary/aromatic N) is 2. The highest BCUT2D eigenvalue weighted by Gasteiger charge is 2.40. The lowest BCUT2D eigenvalue weighted by Crippen LogP contribution is -2.28. The lowest BCUT2D eigenvalue weighted by Gasteiger charge is -2.27.